The second kappa shape index (κ2) is 4.95. The molecule has 6 heteroatoms. The highest BCUT2D eigenvalue weighted by molar-refractivity contribution is 6.28. The second-order valence-corrected chi connectivity index (χ2v) is 4.08. The molecule has 0 aromatic carbocycles. The lowest BCUT2D eigenvalue weighted by Crippen LogP contribution is -2.48. The lowest BCUT2D eigenvalue weighted by Gasteiger charge is -2.35. The molecule has 0 bridgehead atoms. The van der Waals surface area contributed by atoms with Crippen molar-refractivity contribution in [3.05, 3.63) is 17.0 Å². The molecule has 1 atom stereocenters. The van der Waals surface area contributed by atoms with Gasteiger partial charge in [0.2, 0.25) is 5.28 Å². The molecular weight excluding hydrogens is 230 g/mol. The Labute approximate surface area is 99.0 Å². The van der Waals surface area contributed by atoms with Crippen molar-refractivity contribution in [3.63, 3.8) is 0 Å². The summed E-state index contributed by atoms with van der Waals surface area (Å²) in [5.41, 5.74) is 0.818. The van der Waals surface area contributed by atoms with Crippen LogP contribution in [-0.4, -0.2) is 47.5 Å². The van der Waals surface area contributed by atoms with Gasteiger partial charge in [-0.3, -0.25) is 0 Å². The lowest BCUT2D eigenvalue weighted by atomic mass is 10.2. The molecule has 0 spiro atoms. The fourth-order valence-corrected chi connectivity index (χ4v) is 1.99. The zero-order chi connectivity index (χ0) is 11.5. The number of morpholine rings is 1. The Morgan fingerprint density at radius 1 is 1.62 bits per heavy atom. The van der Waals surface area contributed by atoms with Gasteiger partial charge in [0.05, 0.1) is 25.9 Å². The van der Waals surface area contributed by atoms with Crippen LogP contribution in [0.5, 0.6) is 0 Å². The van der Waals surface area contributed by atoms with Crippen molar-refractivity contribution in [1.29, 1.82) is 0 Å². The number of nitrogens with zero attached hydrogens (tertiary/aromatic N) is 3. The summed E-state index contributed by atoms with van der Waals surface area (Å²) in [4.78, 5) is 10.2. The van der Waals surface area contributed by atoms with Crippen LogP contribution in [0.2, 0.25) is 5.28 Å². The molecule has 1 aromatic heterocycles. The normalized spacial score (nSPS) is 21.2. The van der Waals surface area contributed by atoms with E-state index in [0.29, 0.717) is 19.8 Å². The fraction of sp³-hybridized carbons (Fsp3) is 0.600. The van der Waals surface area contributed by atoms with E-state index in [-0.39, 0.29) is 17.9 Å². The maximum absolute atomic E-state index is 9.26. The largest absolute Gasteiger partial charge is 0.394 e. The number of aliphatic hydroxyl groups excluding tert-OH is 1. The van der Waals surface area contributed by atoms with Gasteiger partial charge in [-0.25, -0.2) is 9.97 Å². The van der Waals surface area contributed by atoms with Crippen molar-refractivity contribution in [2.45, 2.75) is 13.0 Å². The van der Waals surface area contributed by atoms with E-state index in [4.69, 9.17) is 16.3 Å². The molecule has 1 aliphatic rings. The second-order valence-electron chi connectivity index (χ2n) is 3.74. The Bertz CT molecular complexity index is 355. The van der Waals surface area contributed by atoms with Crippen LogP contribution < -0.4 is 4.90 Å². The molecule has 5 nitrogen and oxygen atoms in total. The number of aromatic nitrogens is 2. The van der Waals surface area contributed by atoms with Crippen LogP contribution in [0, 0.1) is 6.92 Å². The molecular formula is C10H14ClN3O2. The van der Waals surface area contributed by atoms with Gasteiger partial charge in [0.25, 0.3) is 0 Å². The summed E-state index contributed by atoms with van der Waals surface area (Å²) in [5, 5.41) is 9.50. The summed E-state index contributed by atoms with van der Waals surface area (Å²) in [7, 11) is 0. The summed E-state index contributed by atoms with van der Waals surface area (Å²) in [5.74, 6) is 0.750. The molecule has 1 unspecified atom stereocenters. The average Bonchev–Trinajstić information content (AvgIpc) is 2.27. The first kappa shape index (κ1) is 11.6. The Balaban J connectivity index is 2.26. The number of rotatable bonds is 2. The van der Waals surface area contributed by atoms with Gasteiger partial charge < -0.3 is 14.7 Å². The third-order valence-electron chi connectivity index (χ3n) is 2.55. The third-order valence-corrected chi connectivity index (χ3v) is 2.71. The molecule has 1 aromatic rings. The maximum atomic E-state index is 9.26. The van der Waals surface area contributed by atoms with E-state index < -0.39 is 0 Å². The van der Waals surface area contributed by atoms with Crippen molar-refractivity contribution in [1.82, 2.24) is 9.97 Å². The number of aliphatic hydroxyl groups is 1. The first-order chi connectivity index (χ1) is 7.70. The fourth-order valence-electron chi connectivity index (χ4n) is 1.77. The zero-order valence-electron chi connectivity index (χ0n) is 9.06. The summed E-state index contributed by atoms with van der Waals surface area (Å²) in [6.45, 7) is 3.76. The van der Waals surface area contributed by atoms with Gasteiger partial charge >= 0.3 is 0 Å². The molecule has 88 valence electrons. The van der Waals surface area contributed by atoms with E-state index in [0.717, 1.165) is 11.5 Å². The lowest BCUT2D eigenvalue weighted by molar-refractivity contribution is 0.0722. The Hall–Kier alpha value is -0.910. The van der Waals surface area contributed by atoms with Crippen LogP contribution in [0.4, 0.5) is 5.82 Å². The summed E-state index contributed by atoms with van der Waals surface area (Å²) in [6.07, 6.45) is 0. The highest BCUT2D eigenvalue weighted by atomic mass is 35.5. The summed E-state index contributed by atoms with van der Waals surface area (Å²) in [6, 6.07) is 1.80. The van der Waals surface area contributed by atoms with Crippen molar-refractivity contribution < 1.29 is 9.84 Å². The van der Waals surface area contributed by atoms with Crippen LogP contribution in [0.3, 0.4) is 0 Å². The van der Waals surface area contributed by atoms with Crippen molar-refractivity contribution in [3.8, 4) is 0 Å². The highest BCUT2D eigenvalue weighted by Gasteiger charge is 2.23. The Morgan fingerprint density at radius 2 is 2.44 bits per heavy atom. The van der Waals surface area contributed by atoms with Gasteiger partial charge in [-0.15, -0.1) is 0 Å². The smallest absolute Gasteiger partial charge is 0.224 e. The monoisotopic (exact) mass is 243 g/mol. The molecule has 1 fully saturated rings. The van der Waals surface area contributed by atoms with Crippen LogP contribution in [0.15, 0.2) is 6.07 Å². The third kappa shape index (κ3) is 2.42. The number of hydrogen-bond donors (Lipinski definition) is 1. The van der Waals surface area contributed by atoms with Gasteiger partial charge in [0.15, 0.2) is 0 Å². The summed E-state index contributed by atoms with van der Waals surface area (Å²) >= 11 is 5.82. The van der Waals surface area contributed by atoms with Crippen molar-refractivity contribution >= 4 is 17.4 Å². The van der Waals surface area contributed by atoms with Gasteiger partial charge in [0.1, 0.15) is 5.82 Å². The molecule has 0 amide bonds. The molecule has 2 heterocycles. The van der Waals surface area contributed by atoms with Gasteiger partial charge in [0, 0.05) is 18.3 Å². The number of halogens is 1. The number of ether oxygens (including phenoxy) is 1. The standard InChI is InChI=1S/C10H14ClN3O2/c1-7-4-9(13-10(11)12-7)14-2-3-16-6-8(14)5-15/h4,8,15H,2-3,5-6H2,1H3. The average molecular weight is 244 g/mol. The van der Waals surface area contributed by atoms with E-state index in [1.165, 1.54) is 0 Å². The number of aryl methyl sites for hydroxylation is 1. The predicted molar refractivity (Wildman–Crippen MR) is 60.8 cm³/mol. The van der Waals surface area contributed by atoms with E-state index in [1.54, 1.807) is 0 Å². The van der Waals surface area contributed by atoms with Crippen LogP contribution in [0.25, 0.3) is 0 Å². The zero-order valence-corrected chi connectivity index (χ0v) is 9.81. The first-order valence-electron chi connectivity index (χ1n) is 5.17. The van der Waals surface area contributed by atoms with E-state index in [1.807, 2.05) is 17.9 Å². The Morgan fingerprint density at radius 3 is 3.12 bits per heavy atom. The van der Waals surface area contributed by atoms with Gasteiger partial charge in [-0.2, -0.15) is 0 Å². The number of hydrogen-bond acceptors (Lipinski definition) is 5. The van der Waals surface area contributed by atoms with Crippen molar-refractivity contribution in [2.75, 3.05) is 31.3 Å². The topological polar surface area (TPSA) is 58.5 Å². The van der Waals surface area contributed by atoms with E-state index in [9.17, 15) is 5.11 Å². The van der Waals surface area contributed by atoms with Crippen LogP contribution in [-0.2, 0) is 4.74 Å². The Kier molecular flexibility index (Phi) is 3.58. The van der Waals surface area contributed by atoms with E-state index >= 15 is 0 Å². The molecule has 1 saturated heterocycles. The first-order valence-corrected chi connectivity index (χ1v) is 5.55. The van der Waals surface area contributed by atoms with Gasteiger partial charge in [-0.05, 0) is 18.5 Å². The molecule has 1 N–H and O–H groups in total. The van der Waals surface area contributed by atoms with Gasteiger partial charge in [-0.1, -0.05) is 0 Å². The van der Waals surface area contributed by atoms with E-state index in [2.05, 4.69) is 9.97 Å². The molecule has 2 rings (SSSR count). The minimum atomic E-state index is -0.0564. The van der Waals surface area contributed by atoms with Crippen molar-refractivity contribution in [2.24, 2.45) is 0 Å². The van der Waals surface area contributed by atoms with Crippen LogP contribution >= 0.6 is 11.6 Å². The predicted octanol–water partition coefficient (Wildman–Crippen LogP) is 0.636. The molecule has 0 radical (unpaired) electrons. The highest BCUT2D eigenvalue weighted by Crippen LogP contribution is 2.19. The summed E-state index contributed by atoms with van der Waals surface area (Å²) < 4.78 is 5.31. The minimum Gasteiger partial charge on any atom is -0.394 e. The molecule has 16 heavy (non-hydrogen) atoms. The minimum absolute atomic E-state index is 0.0423. The SMILES string of the molecule is Cc1cc(N2CCOCC2CO)nc(Cl)n1. The van der Waals surface area contributed by atoms with Crippen LogP contribution in [0.1, 0.15) is 5.69 Å². The molecule has 1 aliphatic heterocycles. The quantitative estimate of drug-likeness (QED) is 0.773. The molecule has 0 saturated carbocycles. The maximum Gasteiger partial charge on any atom is 0.224 e. The number of anilines is 1. The molecule has 0 aliphatic carbocycles.